The maximum Gasteiger partial charge on any atom is 0.272 e. The van der Waals surface area contributed by atoms with Gasteiger partial charge in [-0.15, -0.1) is 12.4 Å². The van der Waals surface area contributed by atoms with Gasteiger partial charge >= 0.3 is 0 Å². The average molecular weight is 617 g/mol. The van der Waals surface area contributed by atoms with Crippen molar-refractivity contribution < 1.29 is 14.4 Å². The fourth-order valence-corrected chi connectivity index (χ4v) is 5.02. The van der Waals surface area contributed by atoms with Gasteiger partial charge in [-0.3, -0.25) is 14.4 Å². The maximum atomic E-state index is 13.9. The maximum absolute atomic E-state index is 13.9. The van der Waals surface area contributed by atoms with Crippen molar-refractivity contribution in [2.24, 2.45) is 10.7 Å². The van der Waals surface area contributed by atoms with Gasteiger partial charge in [-0.25, -0.2) is 4.99 Å². The Labute approximate surface area is 255 Å². The molecule has 0 aromatic heterocycles. The molecule has 1 aliphatic heterocycles. The minimum atomic E-state index is -1.15. The number of carbonyl (C=O) groups is 3. The number of nitrogens with zero attached hydrogens (tertiary/aromatic N) is 3. The molecule has 4 rings (SSSR count). The standard InChI is InChI=1S/C30H31Cl2N5O3.ClH/c1-36(2)16-5-17-37-25-7-4-3-6-23(25)27(20-8-10-21(11-9-20)28(33)39)35-29(30(37)40)34-26(38)15-13-19-12-14-22(31)18-24(19)32;/h3-4,6-12,14,18,29H,5,13,15-17H2,1-2H3,(H2,33,39)(H,34,38);1H. The lowest BCUT2D eigenvalue weighted by Gasteiger charge is -2.26. The summed E-state index contributed by atoms with van der Waals surface area (Å²) in [6.45, 7) is 1.23. The highest BCUT2D eigenvalue weighted by Gasteiger charge is 2.32. The van der Waals surface area contributed by atoms with E-state index in [2.05, 4.69) is 10.2 Å². The van der Waals surface area contributed by atoms with E-state index in [9.17, 15) is 14.4 Å². The van der Waals surface area contributed by atoms with Gasteiger partial charge in [0.1, 0.15) is 0 Å². The molecule has 1 heterocycles. The van der Waals surface area contributed by atoms with Gasteiger partial charge in [0.25, 0.3) is 5.91 Å². The van der Waals surface area contributed by atoms with E-state index < -0.39 is 12.1 Å². The van der Waals surface area contributed by atoms with Crippen LogP contribution in [0.4, 0.5) is 5.69 Å². The van der Waals surface area contributed by atoms with Crippen molar-refractivity contribution in [3.63, 3.8) is 0 Å². The van der Waals surface area contributed by atoms with Crippen LogP contribution in [0.15, 0.2) is 71.7 Å². The van der Waals surface area contributed by atoms with E-state index in [0.29, 0.717) is 45.5 Å². The van der Waals surface area contributed by atoms with Crippen LogP contribution in [0, 0.1) is 0 Å². The molecule has 0 spiro atoms. The predicted octanol–water partition coefficient (Wildman–Crippen LogP) is 4.72. The molecule has 0 saturated heterocycles. The molecule has 0 saturated carbocycles. The Balaban J connectivity index is 0.00000462. The summed E-state index contributed by atoms with van der Waals surface area (Å²) in [6.07, 6.45) is 0.0639. The minimum Gasteiger partial charge on any atom is -0.366 e. The fraction of sp³-hybridized carbons (Fsp3) is 0.267. The van der Waals surface area contributed by atoms with Gasteiger partial charge in [0, 0.05) is 39.7 Å². The number of benzene rings is 3. The van der Waals surface area contributed by atoms with Crippen LogP contribution in [0.5, 0.6) is 0 Å². The summed E-state index contributed by atoms with van der Waals surface area (Å²) < 4.78 is 0. The lowest BCUT2D eigenvalue weighted by atomic mass is 9.99. The van der Waals surface area contributed by atoms with Crippen molar-refractivity contribution in [1.82, 2.24) is 10.2 Å². The van der Waals surface area contributed by atoms with Crippen LogP contribution in [0.3, 0.4) is 0 Å². The normalized spacial score (nSPS) is 14.6. The van der Waals surface area contributed by atoms with Crippen LogP contribution < -0.4 is 16.0 Å². The number of para-hydroxylation sites is 1. The first kappa shape index (κ1) is 32.1. The third-order valence-electron chi connectivity index (χ3n) is 6.57. The third kappa shape index (κ3) is 8.07. The van der Waals surface area contributed by atoms with Gasteiger partial charge in [0.2, 0.25) is 18.0 Å². The topological polar surface area (TPSA) is 108 Å². The zero-order valence-electron chi connectivity index (χ0n) is 22.8. The molecule has 8 nitrogen and oxygen atoms in total. The average Bonchev–Trinajstić information content (AvgIpc) is 3.03. The van der Waals surface area contributed by atoms with Crippen molar-refractivity contribution in [3.05, 3.63) is 99.0 Å². The summed E-state index contributed by atoms with van der Waals surface area (Å²) in [5.74, 6) is -1.20. The van der Waals surface area contributed by atoms with E-state index in [1.54, 1.807) is 47.4 Å². The summed E-state index contributed by atoms with van der Waals surface area (Å²) in [7, 11) is 3.95. The Bertz CT molecular complexity index is 1440. The summed E-state index contributed by atoms with van der Waals surface area (Å²) in [5, 5.41) is 3.83. The van der Waals surface area contributed by atoms with Crippen LogP contribution in [-0.4, -0.2) is 61.7 Å². The second kappa shape index (κ2) is 14.5. The van der Waals surface area contributed by atoms with E-state index in [-0.39, 0.29) is 30.6 Å². The molecule has 1 aliphatic rings. The molecule has 0 aliphatic carbocycles. The number of nitrogens with two attached hydrogens (primary N) is 1. The molecule has 3 aromatic carbocycles. The van der Waals surface area contributed by atoms with E-state index in [0.717, 1.165) is 24.1 Å². The highest BCUT2D eigenvalue weighted by Crippen LogP contribution is 2.29. The second-order valence-corrected chi connectivity index (χ2v) is 10.6. The smallest absolute Gasteiger partial charge is 0.272 e. The molecule has 0 bridgehead atoms. The number of benzodiazepines with no additional fused rings is 1. The Morgan fingerprint density at radius 1 is 1.05 bits per heavy atom. The summed E-state index contributed by atoms with van der Waals surface area (Å²) >= 11 is 12.3. The largest absolute Gasteiger partial charge is 0.366 e. The van der Waals surface area contributed by atoms with Crippen molar-refractivity contribution >= 4 is 64.7 Å². The quantitative estimate of drug-likeness (QED) is 0.344. The number of aliphatic imine (C=N–C) groups is 1. The molecular weight excluding hydrogens is 585 g/mol. The van der Waals surface area contributed by atoms with Gasteiger partial charge in [0.05, 0.1) is 11.4 Å². The van der Waals surface area contributed by atoms with E-state index in [4.69, 9.17) is 33.9 Å². The zero-order valence-corrected chi connectivity index (χ0v) is 25.1. The monoisotopic (exact) mass is 615 g/mol. The highest BCUT2D eigenvalue weighted by molar-refractivity contribution is 6.35. The number of hydrogen-bond acceptors (Lipinski definition) is 5. The molecule has 216 valence electrons. The Hall–Kier alpha value is -3.43. The Morgan fingerprint density at radius 3 is 2.41 bits per heavy atom. The second-order valence-electron chi connectivity index (χ2n) is 9.79. The first-order chi connectivity index (χ1) is 19.1. The summed E-state index contributed by atoms with van der Waals surface area (Å²) in [6, 6.07) is 19.4. The van der Waals surface area contributed by atoms with E-state index >= 15 is 0 Å². The molecule has 1 atom stereocenters. The summed E-state index contributed by atoms with van der Waals surface area (Å²) in [5.41, 5.74) is 9.23. The van der Waals surface area contributed by atoms with Gasteiger partial charge < -0.3 is 20.9 Å². The molecule has 0 fully saturated rings. The molecule has 1 unspecified atom stereocenters. The van der Waals surface area contributed by atoms with Crippen LogP contribution >= 0.6 is 35.6 Å². The zero-order chi connectivity index (χ0) is 28.8. The number of amides is 3. The molecular formula is C30H32Cl3N5O3. The highest BCUT2D eigenvalue weighted by atomic mass is 35.5. The molecule has 3 amide bonds. The third-order valence-corrected chi connectivity index (χ3v) is 7.16. The van der Waals surface area contributed by atoms with Crippen LogP contribution in [0.25, 0.3) is 0 Å². The van der Waals surface area contributed by atoms with Crippen molar-refractivity contribution in [1.29, 1.82) is 0 Å². The number of carbonyl (C=O) groups excluding carboxylic acids is 3. The molecule has 3 N–H and O–H groups in total. The fourth-order valence-electron chi connectivity index (χ4n) is 4.52. The van der Waals surface area contributed by atoms with Gasteiger partial charge in [-0.1, -0.05) is 59.6 Å². The first-order valence-corrected chi connectivity index (χ1v) is 13.7. The van der Waals surface area contributed by atoms with Crippen LogP contribution in [-0.2, 0) is 16.0 Å². The number of primary amides is 1. The van der Waals surface area contributed by atoms with Crippen molar-refractivity contribution in [2.45, 2.75) is 25.4 Å². The lowest BCUT2D eigenvalue weighted by molar-refractivity contribution is -0.127. The SMILES string of the molecule is CN(C)CCCN1C(=O)C(NC(=O)CCc2ccc(Cl)cc2Cl)N=C(c2ccc(C(N)=O)cc2)c2ccccc21.Cl. The Morgan fingerprint density at radius 2 is 1.76 bits per heavy atom. The predicted molar refractivity (Wildman–Crippen MR) is 167 cm³/mol. The number of anilines is 1. The number of aryl methyl sites for hydroxylation is 1. The van der Waals surface area contributed by atoms with E-state index in [1.807, 2.05) is 38.4 Å². The van der Waals surface area contributed by atoms with Crippen LogP contribution in [0.2, 0.25) is 10.0 Å². The number of hydrogen-bond donors (Lipinski definition) is 2. The molecule has 0 radical (unpaired) electrons. The number of rotatable bonds is 10. The van der Waals surface area contributed by atoms with Crippen molar-refractivity contribution in [3.8, 4) is 0 Å². The first-order valence-electron chi connectivity index (χ1n) is 12.9. The van der Waals surface area contributed by atoms with Crippen molar-refractivity contribution in [2.75, 3.05) is 32.1 Å². The van der Waals surface area contributed by atoms with E-state index in [1.165, 1.54) is 0 Å². The molecule has 3 aromatic rings. The minimum absolute atomic E-state index is 0. The Kier molecular flexibility index (Phi) is 11.3. The van der Waals surface area contributed by atoms with Gasteiger partial charge in [-0.05, 0) is 69.4 Å². The van der Waals surface area contributed by atoms with Crippen LogP contribution in [0.1, 0.15) is 39.9 Å². The summed E-state index contributed by atoms with van der Waals surface area (Å²) in [4.78, 5) is 47.1. The number of halogens is 3. The van der Waals surface area contributed by atoms with Gasteiger partial charge in [0.15, 0.2) is 0 Å². The number of nitrogens with one attached hydrogen (secondary N) is 1. The van der Waals surface area contributed by atoms with Gasteiger partial charge in [-0.2, -0.15) is 0 Å². The molecule has 11 heteroatoms. The molecule has 41 heavy (non-hydrogen) atoms. The number of fused-ring (bicyclic) bond motifs is 1. The lowest BCUT2D eigenvalue weighted by Crippen LogP contribution is -2.48.